The average Bonchev–Trinajstić information content (AvgIpc) is 3.09. The Morgan fingerprint density at radius 3 is 2.89 bits per heavy atom. The van der Waals surface area contributed by atoms with Gasteiger partial charge < -0.3 is 13.9 Å². The molecule has 2 aromatic carbocycles. The van der Waals surface area contributed by atoms with Gasteiger partial charge in [-0.1, -0.05) is 17.3 Å². The van der Waals surface area contributed by atoms with Gasteiger partial charge in [0, 0.05) is 17.0 Å². The Hall–Kier alpha value is -3.68. The molecule has 0 aliphatic heterocycles. The third-order valence-electron chi connectivity index (χ3n) is 4.17. The Kier molecular flexibility index (Phi) is 4.29. The van der Waals surface area contributed by atoms with Crippen molar-refractivity contribution in [2.24, 2.45) is 0 Å². The predicted octanol–water partition coefficient (Wildman–Crippen LogP) is 2.29. The van der Waals surface area contributed by atoms with Crippen molar-refractivity contribution in [2.75, 3.05) is 7.11 Å². The molecule has 0 aliphatic carbocycles. The van der Waals surface area contributed by atoms with Gasteiger partial charge in [0.1, 0.15) is 16.8 Å². The summed E-state index contributed by atoms with van der Waals surface area (Å²) in [6, 6.07) is 12.2. The van der Waals surface area contributed by atoms with Crippen molar-refractivity contribution in [1.82, 2.24) is 15.0 Å². The lowest BCUT2D eigenvalue weighted by Gasteiger charge is -2.06. The minimum Gasteiger partial charge on any atom is -0.497 e. The molecule has 0 unspecified atom stereocenters. The Morgan fingerprint density at radius 1 is 1.19 bits per heavy atom. The first-order valence-corrected chi connectivity index (χ1v) is 8.18. The molecule has 0 N–H and O–H groups in total. The summed E-state index contributed by atoms with van der Waals surface area (Å²) < 4.78 is 16.8. The number of aromatic nitrogens is 3. The van der Waals surface area contributed by atoms with E-state index in [1.54, 1.807) is 43.5 Å². The maximum Gasteiger partial charge on any atom is 0.312 e. The standard InChI is InChI=1S/C19H15N3O5/c1-25-13-6-7-14-12(10-26-17(14)9-13)8-18(23)27-11-22-19(24)15-4-2-3-5-16(15)20-21-22/h2-7,9-10H,8,11H2,1H3. The molecule has 2 aromatic heterocycles. The lowest BCUT2D eigenvalue weighted by molar-refractivity contribution is -0.147. The zero-order chi connectivity index (χ0) is 18.8. The van der Waals surface area contributed by atoms with Crippen LogP contribution in [0, 0.1) is 0 Å². The number of ether oxygens (including phenoxy) is 2. The number of benzene rings is 2. The van der Waals surface area contributed by atoms with Gasteiger partial charge in [-0.15, -0.1) is 5.10 Å². The molecule has 0 spiro atoms. The van der Waals surface area contributed by atoms with Crippen molar-refractivity contribution < 1.29 is 18.7 Å². The SMILES string of the molecule is COc1ccc2c(CC(=O)OCn3nnc4ccccc4c3=O)coc2c1. The zero-order valence-corrected chi connectivity index (χ0v) is 14.4. The number of furan rings is 1. The number of fused-ring (bicyclic) bond motifs is 2. The highest BCUT2D eigenvalue weighted by molar-refractivity contribution is 5.86. The van der Waals surface area contributed by atoms with E-state index in [1.165, 1.54) is 6.26 Å². The van der Waals surface area contributed by atoms with Crippen molar-refractivity contribution in [3.63, 3.8) is 0 Å². The molecule has 8 nitrogen and oxygen atoms in total. The van der Waals surface area contributed by atoms with Crippen LogP contribution in [-0.4, -0.2) is 28.1 Å². The molecule has 0 saturated heterocycles. The molecular formula is C19H15N3O5. The van der Waals surface area contributed by atoms with E-state index in [0.29, 0.717) is 27.8 Å². The van der Waals surface area contributed by atoms with E-state index in [1.807, 2.05) is 6.07 Å². The van der Waals surface area contributed by atoms with Crippen molar-refractivity contribution in [3.8, 4) is 5.75 Å². The molecule has 0 atom stereocenters. The van der Waals surface area contributed by atoms with Crippen LogP contribution in [0.4, 0.5) is 0 Å². The summed E-state index contributed by atoms with van der Waals surface area (Å²) in [6.45, 7) is -0.306. The molecule has 0 amide bonds. The lowest BCUT2D eigenvalue weighted by atomic mass is 10.1. The summed E-state index contributed by atoms with van der Waals surface area (Å²) >= 11 is 0. The summed E-state index contributed by atoms with van der Waals surface area (Å²) in [4.78, 5) is 24.5. The third-order valence-corrected chi connectivity index (χ3v) is 4.17. The molecule has 8 heteroatoms. The van der Waals surface area contributed by atoms with Crippen LogP contribution in [0.5, 0.6) is 5.75 Å². The van der Waals surface area contributed by atoms with Gasteiger partial charge in [0.15, 0.2) is 6.73 Å². The van der Waals surface area contributed by atoms with Crippen LogP contribution in [0.3, 0.4) is 0 Å². The van der Waals surface area contributed by atoms with E-state index >= 15 is 0 Å². The van der Waals surface area contributed by atoms with Crippen LogP contribution in [-0.2, 0) is 22.7 Å². The van der Waals surface area contributed by atoms with E-state index in [0.717, 1.165) is 10.1 Å². The number of methoxy groups -OCH3 is 1. The minimum atomic E-state index is -0.504. The van der Waals surface area contributed by atoms with E-state index in [-0.39, 0.29) is 18.7 Å². The highest BCUT2D eigenvalue weighted by Crippen LogP contribution is 2.26. The van der Waals surface area contributed by atoms with Crippen LogP contribution >= 0.6 is 0 Å². The fourth-order valence-electron chi connectivity index (χ4n) is 2.78. The summed E-state index contributed by atoms with van der Waals surface area (Å²) in [7, 11) is 1.57. The molecule has 4 rings (SSSR count). The van der Waals surface area contributed by atoms with Crippen LogP contribution < -0.4 is 10.3 Å². The average molecular weight is 365 g/mol. The van der Waals surface area contributed by atoms with Crippen LogP contribution in [0.25, 0.3) is 21.9 Å². The lowest BCUT2D eigenvalue weighted by Crippen LogP contribution is -2.26. The van der Waals surface area contributed by atoms with Crippen molar-refractivity contribution in [2.45, 2.75) is 13.2 Å². The van der Waals surface area contributed by atoms with Gasteiger partial charge in [-0.25, -0.2) is 0 Å². The summed E-state index contributed by atoms with van der Waals surface area (Å²) in [5.41, 5.74) is 1.43. The highest BCUT2D eigenvalue weighted by atomic mass is 16.5. The molecule has 0 radical (unpaired) electrons. The van der Waals surface area contributed by atoms with Crippen molar-refractivity contribution >= 4 is 27.8 Å². The van der Waals surface area contributed by atoms with Gasteiger partial charge in [0.05, 0.1) is 25.2 Å². The molecule has 0 fully saturated rings. The van der Waals surface area contributed by atoms with E-state index < -0.39 is 5.97 Å². The van der Waals surface area contributed by atoms with Gasteiger partial charge >= 0.3 is 5.97 Å². The highest BCUT2D eigenvalue weighted by Gasteiger charge is 2.13. The first kappa shape index (κ1) is 16.8. The first-order valence-electron chi connectivity index (χ1n) is 8.18. The van der Waals surface area contributed by atoms with Crippen molar-refractivity contribution in [1.29, 1.82) is 0 Å². The summed E-state index contributed by atoms with van der Waals surface area (Å²) in [6.07, 6.45) is 1.52. The number of hydrogen-bond acceptors (Lipinski definition) is 7. The fraction of sp³-hybridized carbons (Fsp3) is 0.158. The Balaban J connectivity index is 1.47. The molecule has 2 heterocycles. The second kappa shape index (κ2) is 6.91. The van der Waals surface area contributed by atoms with E-state index in [9.17, 15) is 9.59 Å². The van der Waals surface area contributed by atoms with Crippen LogP contribution in [0.15, 0.2) is 57.9 Å². The van der Waals surface area contributed by atoms with Crippen LogP contribution in [0.1, 0.15) is 5.56 Å². The number of hydrogen-bond donors (Lipinski definition) is 0. The topological polar surface area (TPSA) is 96.5 Å². The van der Waals surface area contributed by atoms with Gasteiger partial charge in [0.25, 0.3) is 5.56 Å². The molecule has 0 bridgehead atoms. The van der Waals surface area contributed by atoms with Gasteiger partial charge in [0.2, 0.25) is 0 Å². The first-order chi connectivity index (χ1) is 13.2. The van der Waals surface area contributed by atoms with Crippen LogP contribution in [0.2, 0.25) is 0 Å². The number of rotatable bonds is 5. The predicted molar refractivity (Wildman–Crippen MR) is 96.4 cm³/mol. The molecule has 4 aromatic rings. The van der Waals surface area contributed by atoms with Gasteiger partial charge in [-0.05, 0) is 24.3 Å². The van der Waals surface area contributed by atoms with Crippen molar-refractivity contribution in [3.05, 3.63) is 64.6 Å². The maximum atomic E-state index is 12.3. The maximum absolute atomic E-state index is 12.3. The molecular weight excluding hydrogens is 350 g/mol. The number of nitrogens with zero attached hydrogens (tertiary/aromatic N) is 3. The minimum absolute atomic E-state index is 0.00902. The molecule has 27 heavy (non-hydrogen) atoms. The second-order valence-electron chi connectivity index (χ2n) is 5.86. The number of carbonyl (C=O) groups excluding carboxylic acids is 1. The van der Waals surface area contributed by atoms with E-state index in [4.69, 9.17) is 13.9 Å². The summed E-state index contributed by atoms with van der Waals surface area (Å²) in [5.74, 6) is 0.163. The normalized spacial score (nSPS) is 11.0. The Labute approximate surface area is 152 Å². The second-order valence-corrected chi connectivity index (χ2v) is 5.86. The molecule has 136 valence electrons. The van der Waals surface area contributed by atoms with Gasteiger partial charge in [-0.2, -0.15) is 4.68 Å². The largest absolute Gasteiger partial charge is 0.497 e. The van der Waals surface area contributed by atoms with Gasteiger partial charge in [-0.3, -0.25) is 9.59 Å². The molecule has 0 saturated carbocycles. The quantitative estimate of drug-likeness (QED) is 0.501. The van der Waals surface area contributed by atoms with E-state index in [2.05, 4.69) is 10.3 Å². The fourth-order valence-corrected chi connectivity index (χ4v) is 2.78. The Bertz CT molecular complexity index is 1190. The number of esters is 1. The summed E-state index contributed by atoms with van der Waals surface area (Å²) in [5, 5.41) is 8.95. The Morgan fingerprint density at radius 2 is 2.04 bits per heavy atom. The molecule has 0 aliphatic rings. The zero-order valence-electron chi connectivity index (χ0n) is 14.4. The third kappa shape index (κ3) is 3.24. The monoisotopic (exact) mass is 365 g/mol. The number of carbonyl (C=O) groups is 1. The smallest absolute Gasteiger partial charge is 0.312 e.